The van der Waals surface area contributed by atoms with Crippen molar-refractivity contribution in [1.29, 1.82) is 0 Å². The van der Waals surface area contributed by atoms with Gasteiger partial charge in [0.15, 0.2) is 3.57 Å². The van der Waals surface area contributed by atoms with Gasteiger partial charge in [0.2, 0.25) is 4.43 Å². The van der Waals surface area contributed by atoms with Crippen molar-refractivity contribution >= 4 is 0 Å². The van der Waals surface area contributed by atoms with Crippen molar-refractivity contribution in [2.45, 2.75) is 19.0 Å². The zero-order chi connectivity index (χ0) is 12.4. The second kappa shape index (κ2) is 4.85. The molecule has 0 amide bonds. The maximum atomic E-state index is 12.7. The van der Waals surface area contributed by atoms with Gasteiger partial charge in [0.1, 0.15) is 0 Å². The van der Waals surface area contributed by atoms with E-state index in [1.807, 2.05) is 0 Å². The van der Waals surface area contributed by atoms with Crippen molar-refractivity contribution in [2.75, 3.05) is 4.43 Å². The van der Waals surface area contributed by atoms with Gasteiger partial charge in [-0.2, -0.15) is 22.0 Å². The van der Waals surface area contributed by atoms with Crippen LogP contribution >= 0.6 is 0 Å². The average molecular weight is 351 g/mol. The summed E-state index contributed by atoms with van der Waals surface area (Å²) in [6, 6.07) is 6.69. The second-order valence-corrected chi connectivity index (χ2v) is 5.91. The first-order valence-corrected chi connectivity index (χ1v) is 6.94. The lowest BCUT2D eigenvalue weighted by Gasteiger charge is -2.14. The minimum Gasteiger partial charge on any atom is -0.191 e. The number of aryl methyl sites for hydroxylation is 1. The molecule has 1 rings (SSSR count). The molecule has 0 aliphatic heterocycles. The van der Waals surface area contributed by atoms with Crippen LogP contribution in [0.4, 0.5) is 22.0 Å². The minimum atomic E-state index is -5.44. The molecule has 0 heterocycles. The maximum absolute atomic E-state index is 12.7. The molecule has 1 aromatic carbocycles. The van der Waals surface area contributed by atoms with E-state index in [0.717, 1.165) is 5.56 Å². The molecule has 0 bridgehead atoms. The maximum Gasteiger partial charge on any atom is 0.457 e. The fourth-order valence-corrected chi connectivity index (χ4v) is 3.50. The molecule has 0 spiro atoms. The summed E-state index contributed by atoms with van der Waals surface area (Å²) >= 11 is -1.32. The quantitative estimate of drug-likeness (QED) is 0.422. The standard InChI is InChI=1S/C10H9F5I/c1-7-4-2-3-5-8(7)16-6-9(11,12)10(13,14)15/h2-5H,6H2,1H3/q+1. The van der Waals surface area contributed by atoms with Gasteiger partial charge in [-0.05, 0) is 13.0 Å². The predicted octanol–water partition coefficient (Wildman–Crippen LogP) is 0.451. The van der Waals surface area contributed by atoms with Crippen LogP contribution < -0.4 is 21.2 Å². The Hall–Kier alpha value is -0.400. The molecule has 0 aliphatic rings. The van der Waals surface area contributed by atoms with Crippen LogP contribution in [0.25, 0.3) is 0 Å². The van der Waals surface area contributed by atoms with Crippen LogP contribution in [0.2, 0.25) is 0 Å². The van der Waals surface area contributed by atoms with E-state index in [9.17, 15) is 22.0 Å². The largest absolute Gasteiger partial charge is 0.457 e. The normalized spacial score (nSPS) is 12.9. The molecule has 0 unspecified atom stereocenters. The van der Waals surface area contributed by atoms with Crippen LogP contribution in [0.1, 0.15) is 5.56 Å². The molecule has 0 aliphatic carbocycles. The third kappa shape index (κ3) is 3.29. The van der Waals surface area contributed by atoms with E-state index in [1.165, 1.54) is 0 Å². The Balaban J connectivity index is 2.69. The Morgan fingerprint density at radius 2 is 1.62 bits per heavy atom. The molecule has 6 heteroatoms. The number of rotatable bonds is 3. The smallest absolute Gasteiger partial charge is 0.191 e. The highest BCUT2D eigenvalue weighted by Gasteiger charge is 2.61. The van der Waals surface area contributed by atoms with Crippen LogP contribution in [0.3, 0.4) is 0 Å². The molecule has 0 aromatic heterocycles. The molecular formula is C10H9F5I+. The van der Waals surface area contributed by atoms with Gasteiger partial charge in [-0.15, -0.1) is 0 Å². The van der Waals surface area contributed by atoms with E-state index in [-0.39, 0.29) is 0 Å². The Kier molecular flexibility index (Phi) is 4.14. The van der Waals surface area contributed by atoms with Crippen molar-refractivity contribution in [3.8, 4) is 0 Å². The van der Waals surface area contributed by atoms with E-state index in [4.69, 9.17) is 0 Å². The highest BCUT2D eigenvalue weighted by atomic mass is 127. The van der Waals surface area contributed by atoms with Crippen LogP contribution in [0.5, 0.6) is 0 Å². The summed E-state index contributed by atoms with van der Waals surface area (Å²) in [5.74, 6) is -4.57. The third-order valence-electron chi connectivity index (χ3n) is 1.87. The monoisotopic (exact) mass is 351 g/mol. The first-order chi connectivity index (χ1) is 7.24. The van der Waals surface area contributed by atoms with Gasteiger partial charge < -0.3 is 0 Å². The average Bonchev–Trinajstić information content (AvgIpc) is 2.15. The Labute approximate surface area is 100 Å². The van der Waals surface area contributed by atoms with E-state index in [0.29, 0.717) is 3.57 Å². The van der Waals surface area contributed by atoms with Crippen molar-refractivity contribution < 1.29 is 43.2 Å². The van der Waals surface area contributed by atoms with Crippen molar-refractivity contribution in [3.05, 3.63) is 33.4 Å². The lowest BCUT2D eigenvalue weighted by Crippen LogP contribution is -3.63. The summed E-state index contributed by atoms with van der Waals surface area (Å²) in [5, 5.41) is 0. The van der Waals surface area contributed by atoms with Crippen molar-refractivity contribution in [1.82, 2.24) is 0 Å². The molecule has 0 radical (unpaired) electrons. The summed E-state index contributed by atoms with van der Waals surface area (Å²) in [6.45, 7) is 1.71. The summed E-state index contributed by atoms with van der Waals surface area (Å²) in [6.07, 6.45) is -5.44. The number of hydrogen-bond donors (Lipinski definition) is 0. The molecule has 0 nitrogen and oxygen atoms in total. The van der Waals surface area contributed by atoms with Gasteiger partial charge in [0, 0.05) is 5.56 Å². The zero-order valence-electron chi connectivity index (χ0n) is 8.28. The van der Waals surface area contributed by atoms with Crippen LogP contribution in [-0.2, 0) is 0 Å². The number of hydrogen-bond acceptors (Lipinski definition) is 0. The fraction of sp³-hybridized carbons (Fsp3) is 0.400. The predicted molar refractivity (Wildman–Crippen MR) is 45.7 cm³/mol. The number of alkyl halides is 6. The number of benzene rings is 1. The van der Waals surface area contributed by atoms with Gasteiger partial charge >= 0.3 is 33.3 Å². The van der Waals surface area contributed by atoms with E-state index in [1.54, 1.807) is 31.2 Å². The molecule has 0 saturated carbocycles. The van der Waals surface area contributed by atoms with E-state index < -0.39 is 37.7 Å². The minimum absolute atomic E-state index is 0.630. The Morgan fingerprint density at radius 1 is 1.06 bits per heavy atom. The van der Waals surface area contributed by atoms with Gasteiger partial charge in [-0.1, -0.05) is 18.2 Å². The highest BCUT2D eigenvalue weighted by molar-refractivity contribution is 5.11. The topological polar surface area (TPSA) is 0 Å². The lowest BCUT2D eigenvalue weighted by atomic mass is 10.2. The Morgan fingerprint density at radius 3 is 2.12 bits per heavy atom. The van der Waals surface area contributed by atoms with Gasteiger partial charge in [-0.3, -0.25) is 0 Å². The van der Waals surface area contributed by atoms with Crippen LogP contribution in [-0.4, -0.2) is 16.5 Å². The number of halogens is 6. The molecular weight excluding hydrogens is 342 g/mol. The van der Waals surface area contributed by atoms with Gasteiger partial charge in [0.05, 0.1) is 0 Å². The Bertz CT molecular complexity index is 358. The summed E-state index contributed by atoms with van der Waals surface area (Å²) < 4.78 is 60.5. The molecule has 0 N–H and O–H groups in total. The highest BCUT2D eigenvalue weighted by Crippen LogP contribution is 2.33. The van der Waals surface area contributed by atoms with Crippen molar-refractivity contribution in [3.63, 3.8) is 0 Å². The molecule has 1 aromatic rings. The zero-order valence-corrected chi connectivity index (χ0v) is 10.4. The molecule has 90 valence electrons. The summed E-state index contributed by atoms with van der Waals surface area (Å²) in [5.41, 5.74) is 0.772. The van der Waals surface area contributed by atoms with Gasteiger partial charge in [0.25, 0.3) is 0 Å². The van der Waals surface area contributed by atoms with Crippen LogP contribution in [0, 0.1) is 10.5 Å². The van der Waals surface area contributed by atoms with E-state index in [2.05, 4.69) is 0 Å². The first-order valence-electron chi connectivity index (χ1n) is 4.33. The lowest BCUT2D eigenvalue weighted by molar-refractivity contribution is -0.651. The fourth-order valence-electron chi connectivity index (χ4n) is 0.933. The summed E-state index contributed by atoms with van der Waals surface area (Å²) in [4.78, 5) is 0. The van der Waals surface area contributed by atoms with Crippen molar-refractivity contribution in [2.24, 2.45) is 0 Å². The second-order valence-electron chi connectivity index (χ2n) is 3.22. The molecule has 0 saturated heterocycles. The molecule has 0 atom stereocenters. The SMILES string of the molecule is Cc1ccccc1[I+]CC(F)(F)C(F)(F)F. The third-order valence-corrected chi connectivity index (χ3v) is 5.24. The molecule has 16 heavy (non-hydrogen) atoms. The first kappa shape index (κ1) is 13.7. The van der Waals surface area contributed by atoms with Crippen LogP contribution in [0.15, 0.2) is 24.3 Å². The van der Waals surface area contributed by atoms with E-state index >= 15 is 0 Å². The summed E-state index contributed by atoms with van der Waals surface area (Å²) in [7, 11) is 0. The molecule has 0 fully saturated rings. The van der Waals surface area contributed by atoms with Gasteiger partial charge in [-0.25, -0.2) is 0 Å².